The maximum atomic E-state index is 5.67. The molecular weight excluding hydrogens is 181 g/mol. The molecule has 11 heavy (non-hydrogen) atoms. The molecule has 60 valence electrons. The molecule has 0 radical (unpaired) electrons. The van der Waals surface area contributed by atoms with Gasteiger partial charge in [-0.1, -0.05) is 17.7 Å². The Kier molecular flexibility index (Phi) is 3.16. The van der Waals surface area contributed by atoms with E-state index >= 15 is 0 Å². The van der Waals surface area contributed by atoms with E-state index in [0.29, 0.717) is 11.0 Å². The highest BCUT2D eigenvalue weighted by atomic mass is 35.5. The van der Waals surface area contributed by atoms with Crippen molar-refractivity contribution >= 4 is 23.2 Å². The minimum Gasteiger partial charge on any atom is -0.241 e. The third-order valence-electron chi connectivity index (χ3n) is 1.53. The predicted molar refractivity (Wildman–Crippen MR) is 48.4 cm³/mol. The Morgan fingerprint density at radius 3 is 2.73 bits per heavy atom. The normalized spacial score (nSPS) is 10.1. The maximum absolute atomic E-state index is 5.67. The van der Waals surface area contributed by atoms with E-state index in [1.165, 1.54) is 5.56 Å². The van der Waals surface area contributed by atoms with Gasteiger partial charge >= 0.3 is 0 Å². The quantitative estimate of drug-likeness (QED) is 0.516. The Hall–Kier alpha value is -0.270. The lowest BCUT2D eigenvalue weighted by atomic mass is 10.1. The molecule has 0 amide bonds. The third-order valence-corrected chi connectivity index (χ3v) is 1.92. The smallest absolute Gasteiger partial charge is 0.129 e. The van der Waals surface area contributed by atoms with Gasteiger partial charge in [-0.2, -0.15) is 0 Å². The van der Waals surface area contributed by atoms with Gasteiger partial charge in [-0.3, -0.25) is 0 Å². The van der Waals surface area contributed by atoms with Crippen LogP contribution in [0.25, 0.3) is 0 Å². The molecule has 1 aromatic rings. The van der Waals surface area contributed by atoms with Crippen LogP contribution >= 0.6 is 23.2 Å². The molecule has 0 atom stereocenters. The second-order valence-corrected chi connectivity index (χ2v) is 3.08. The summed E-state index contributed by atoms with van der Waals surface area (Å²) in [5.41, 5.74) is 2.14. The summed E-state index contributed by atoms with van der Waals surface area (Å²) in [6, 6.07) is 3.75. The summed E-state index contributed by atoms with van der Waals surface area (Å²) >= 11 is 11.3. The number of hydrogen-bond donors (Lipinski definition) is 0. The van der Waals surface area contributed by atoms with Crippen molar-refractivity contribution in [3.05, 3.63) is 28.5 Å². The van der Waals surface area contributed by atoms with Gasteiger partial charge < -0.3 is 0 Å². The Bertz CT molecular complexity index is 248. The molecule has 0 spiro atoms. The van der Waals surface area contributed by atoms with Crippen LogP contribution in [0.5, 0.6) is 0 Å². The molecule has 1 rings (SSSR count). The summed E-state index contributed by atoms with van der Waals surface area (Å²) in [4.78, 5) is 4.10. The van der Waals surface area contributed by atoms with Crippen molar-refractivity contribution in [1.29, 1.82) is 0 Å². The van der Waals surface area contributed by atoms with Gasteiger partial charge in [0.15, 0.2) is 0 Å². The highest BCUT2D eigenvalue weighted by Crippen LogP contribution is 2.11. The lowest BCUT2D eigenvalue weighted by Crippen LogP contribution is -1.93. The zero-order chi connectivity index (χ0) is 8.27. The van der Waals surface area contributed by atoms with Gasteiger partial charge in [0.05, 0.1) is 0 Å². The summed E-state index contributed by atoms with van der Waals surface area (Å²) in [5, 5.41) is 0.542. The Morgan fingerprint density at radius 1 is 1.45 bits per heavy atom. The van der Waals surface area contributed by atoms with E-state index in [0.717, 1.165) is 12.1 Å². The van der Waals surface area contributed by atoms with Crippen LogP contribution in [0, 0.1) is 6.92 Å². The van der Waals surface area contributed by atoms with Crippen LogP contribution in [0.4, 0.5) is 0 Å². The number of hydrogen-bond acceptors (Lipinski definition) is 1. The first-order valence-electron chi connectivity index (χ1n) is 3.42. The number of nitrogens with zero attached hydrogens (tertiary/aromatic N) is 1. The summed E-state index contributed by atoms with van der Waals surface area (Å²) < 4.78 is 0. The SMILES string of the molecule is Cc1nc(Cl)ccc1CCCl. The van der Waals surface area contributed by atoms with Crippen LogP contribution in [0.1, 0.15) is 11.3 Å². The van der Waals surface area contributed by atoms with Crippen LogP contribution in [0.15, 0.2) is 12.1 Å². The lowest BCUT2D eigenvalue weighted by molar-refractivity contribution is 1.05. The Morgan fingerprint density at radius 2 is 2.18 bits per heavy atom. The van der Waals surface area contributed by atoms with E-state index in [1.54, 1.807) is 6.07 Å². The van der Waals surface area contributed by atoms with Crippen LogP contribution in [-0.2, 0) is 6.42 Å². The number of aryl methyl sites for hydroxylation is 2. The van der Waals surface area contributed by atoms with Gasteiger partial charge in [-0.05, 0) is 25.0 Å². The topological polar surface area (TPSA) is 12.9 Å². The molecule has 0 fully saturated rings. The fourth-order valence-electron chi connectivity index (χ4n) is 0.925. The van der Waals surface area contributed by atoms with E-state index in [-0.39, 0.29) is 0 Å². The highest BCUT2D eigenvalue weighted by Gasteiger charge is 1.98. The molecule has 1 aromatic heterocycles. The van der Waals surface area contributed by atoms with Gasteiger partial charge in [0.2, 0.25) is 0 Å². The number of aromatic nitrogens is 1. The lowest BCUT2D eigenvalue weighted by Gasteiger charge is -2.01. The number of alkyl halides is 1. The molecule has 0 unspecified atom stereocenters. The van der Waals surface area contributed by atoms with Gasteiger partial charge in [0.1, 0.15) is 5.15 Å². The van der Waals surface area contributed by atoms with Crippen LogP contribution in [-0.4, -0.2) is 10.9 Å². The first-order valence-corrected chi connectivity index (χ1v) is 4.33. The van der Waals surface area contributed by atoms with Gasteiger partial charge in [-0.15, -0.1) is 11.6 Å². The van der Waals surface area contributed by atoms with Gasteiger partial charge in [0, 0.05) is 11.6 Å². The van der Waals surface area contributed by atoms with E-state index in [4.69, 9.17) is 23.2 Å². The standard InChI is InChI=1S/C8H9Cl2N/c1-6-7(4-5-9)2-3-8(10)11-6/h2-3H,4-5H2,1H3. The van der Waals surface area contributed by atoms with E-state index in [1.807, 2.05) is 13.0 Å². The molecule has 1 nitrogen and oxygen atoms in total. The van der Waals surface area contributed by atoms with Crippen molar-refractivity contribution in [3.63, 3.8) is 0 Å². The maximum Gasteiger partial charge on any atom is 0.129 e. The Balaban J connectivity index is 2.90. The second kappa shape index (κ2) is 3.93. The van der Waals surface area contributed by atoms with Crippen molar-refractivity contribution in [3.8, 4) is 0 Å². The van der Waals surface area contributed by atoms with E-state index in [2.05, 4.69) is 4.98 Å². The summed E-state index contributed by atoms with van der Waals surface area (Å²) in [6.07, 6.45) is 0.859. The molecule has 0 aliphatic rings. The summed E-state index contributed by atoms with van der Waals surface area (Å²) in [6.45, 7) is 1.94. The fourth-order valence-corrected chi connectivity index (χ4v) is 1.32. The molecular formula is C8H9Cl2N. The van der Waals surface area contributed by atoms with Crippen molar-refractivity contribution < 1.29 is 0 Å². The summed E-state index contributed by atoms with van der Waals surface area (Å²) in [7, 11) is 0. The number of rotatable bonds is 2. The van der Waals surface area contributed by atoms with Crippen LogP contribution in [0.3, 0.4) is 0 Å². The van der Waals surface area contributed by atoms with Crippen LogP contribution in [0.2, 0.25) is 5.15 Å². The average Bonchev–Trinajstić information content (AvgIpc) is 1.95. The monoisotopic (exact) mass is 189 g/mol. The molecule has 0 saturated heterocycles. The Labute approximate surface area is 76.4 Å². The average molecular weight is 190 g/mol. The molecule has 1 heterocycles. The molecule has 0 aromatic carbocycles. The third kappa shape index (κ3) is 2.35. The van der Waals surface area contributed by atoms with Crippen LogP contribution < -0.4 is 0 Å². The fraction of sp³-hybridized carbons (Fsp3) is 0.375. The minimum absolute atomic E-state index is 0.542. The molecule has 0 saturated carbocycles. The van der Waals surface area contributed by atoms with Gasteiger partial charge in [-0.25, -0.2) is 4.98 Å². The highest BCUT2D eigenvalue weighted by molar-refractivity contribution is 6.29. The summed E-state index contributed by atoms with van der Waals surface area (Å²) in [5.74, 6) is 0.629. The first kappa shape index (κ1) is 8.82. The van der Waals surface area contributed by atoms with Crippen molar-refractivity contribution in [2.75, 3.05) is 5.88 Å². The molecule has 0 N–H and O–H groups in total. The molecule has 3 heteroatoms. The van der Waals surface area contributed by atoms with Gasteiger partial charge in [0.25, 0.3) is 0 Å². The number of halogens is 2. The molecule has 0 aliphatic heterocycles. The largest absolute Gasteiger partial charge is 0.241 e. The predicted octanol–water partition coefficient (Wildman–Crippen LogP) is 2.82. The van der Waals surface area contributed by atoms with Crippen molar-refractivity contribution in [2.24, 2.45) is 0 Å². The van der Waals surface area contributed by atoms with Crippen molar-refractivity contribution in [1.82, 2.24) is 4.98 Å². The van der Waals surface area contributed by atoms with E-state index in [9.17, 15) is 0 Å². The number of pyridine rings is 1. The second-order valence-electron chi connectivity index (χ2n) is 2.32. The first-order chi connectivity index (χ1) is 5.24. The molecule has 0 bridgehead atoms. The zero-order valence-electron chi connectivity index (χ0n) is 6.27. The van der Waals surface area contributed by atoms with E-state index < -0.39 is 0 Å². The minimum atomic E-state index is 0.542. The molecule has 0 aliphatic carbocycles. The zero-order valence-corrected chi connectivity index (χ0v) is 7.78. The van der Waals surface area contributed by atoms with Crippen molar-refractivity contribution in [2.45, 2.75) is 13.3 Å².